The highest BCUT2D eigenvalue weighted by atomic mass is 16.3. The maximum atomic E-state index is 12.0. The third kappa shape index (κ3) is 2.65. The second-order valence-corrected chi connectivity index (χ2v) is 4.82. The lowest BCUT2D eigenvalue weighted by atomic mass is 10.3. The van der Waals surface area contributed by atoms with Crippen molar-refractivity contribution in [3.8, 4) is 5.69 Å². The van der Waals surface area contributed by atoms with Crippen LogP contribution in [0.25, 0.3) is 5.69 Å². The number of amides is 2. The second kappa shape index (κ2) is 5.34. The van der Waals surface area contributed by atoms with E-state index < -0.39 is 6.10 Å². The number of nitrogens with zero attached hydrogens (tertiary/aromatic N) is 3. The van der Waals surface area contributed by atoms with Crippen LogP contribution in [0.2, 0.25) is 0 Å². The van der Waals surface area contributed by atoms with Crippen LogP contribution in [0.4, 0.5) is 10.5 Å². The van der Waals surface area contributed by atoms with Crippen molar-refractivity contribution in [2.45, 2.75) is 12.5 Å². The number of carbonyl (C=O) groups is 1. The summed E-state index contributed by atoms with van der Waals surface area (Å²) in [5, 5.41) is 16.4. The molecule has 2 N–H and O–H groups in total. The molecule has 1 aromatic carbocycles. The van der Waals surface area contributed by atoms with E-state index in [0.29, 0.717) is 19.5 Å². The van der Waals surface area contributed by atoms with E-state index in [2.05, 4.69) is 10.4 Å². The van der Waals surface area contributed by atoms with Crippen LogP contribution < -0.4 is 5.32 Å². The summed E-state index contributed by atoms with van der Waals surface area (Å²) in [6, 6.07) is 9.13. The maximum Gasteiger partial charge on any atom is 0.321 e. The minimum absolute atomic E-state index is 0.173. The van der Waals surface area contributed by atoms with Crippen molar-refractivity contribution in [1.29, 1.82) is 0 Å². The SMILES string of the molecule is O=C(Nc1ccc(-n2cccn2)cc1)N1CC[C@@H](O)C1. The molecular formula is C14H16N4O2. The molecule has 1 aliphatic rings. The van der Waals surface area contributed by atoms with E-state index in [9.17, 15) is 9.90 Å². The lowest BCUT2D eigenvalue weighted by molar-refractivity contribution is 0.176. The first kappa shape index (κ1) is 12.7. The fraction of sp³-hybridized carbons (Fsp3) is 0.286. The number of hydrogen-bond donors (Lipinski definition) is 2. The highest BCUT2D eigenvalue weighted by Crippen LogP contribution is 2.15. The Kier molecular flexibility index (Phi) is 3.39. The highest BCUT2D eigenvalue weighted by Gasteiger charge is 2.24. The zero-order valence-electron chi connectivity index (χ0n) is 10.9. The molecule has 6 nitrogen and oxygen atoms in total. The molecular weight excluding hydrogens is 256 g/mol. The van der Waals surface area contributed by atoms with Crippen LogP contribution >= 0.6 is 0 Å². The number of aliphatic hydroxyl groups excluding tert-OH is 1. The molecule has 1 fully saturated rings. The summed E-state index contributed by atoms with van der Waals surface area (Å²) in [6.07, 6.45) is 3.82. The molecule has 2 aromatic rings. The summed E-state index contributed by atoms with van der Waals surface area (Å²) >= 11 is 0. The van der Waals surface area contributed by atoms with Gasteiger partial charge >= 0.3 is 6.03 Å². The fourth-order valence-electron chi connectivity index (χ4n) is 2.25. The number of β-amino-alcohol motifs (C(OH)–C–C–N with tert-alkyl or cyclic N) is 1. The standard InChI is InChI=1S/C14H16N4O2/c19-13-6-9-17(10-13)14(20)16-11-2-4-12(5-3-11)18-8-1-7-15-18/h1-5,7-8,13,19H,6,9-10H2,(H,16,20)/t13-/m1/s1. The molecule has 1 saturated heterocycles. The molecule has 0 radical (unpaired) electrons. The zero-order chi connectivity index (χ0) is 13.9. The smallest absolute Gasteiger partial charge is 0.321 e. The summed E-state index contributed by atoms with van der Waals surface area (Å²) in [5.74, 6) is 0. The van der Waals surface area contributed by atoms with Crippen LogP contribution in [-0.4, -0.2) is 45.0 Å². The Hall–Kier alpha value is -2.34. The molecule has 104 valence electrons. The number of nitrogens with one attached hydrogen (secondary N) is 1. The number of aliphatic hydroxyl groups is 1. The van der Waals surface area contributed by atoms with E-state index in [1.54, 1.807) is 15.8 Å². The molecule has 0 spiro atoms. The predicted octanol–water partition coefficient (Wildman–Crippen LogP) is 1.47. The van der Waals surface area contributed by atoms with Gasteiger partial charge in [-0.3, -0.25) is 0 Å². The van der Waals surface area contributed by atoms with Gasteiger partial charge in [0.25, 0.3) is 0 Å². The Morgan fingerprint density at radius 3 is 2.75 bits per heavy atom. The van der Waals surface area contributed by atoms with E-state index in [0.717, 1.165) is 11.4 Å². The largest absolute Gasteiger partial charge is 0.391 e. The molecule has 0 saturated carbocycles. The zero-order valence-corrected chi connectivity index (χ0v) is 10.9. The van der Waals surface area contributed by atoms with Gasteiger partial charge in [-0.05, 0) is 36.8 Å². The van der Waals surface area contributed by atoms with Gasteiger partial charge in [-0.15, -0.1) is 0 Å². The number of likely N-dealkylation sites (tertiary alicyclic amines) is 1. The van der Waals surface area contributed by atoms with E-state index in [1.807, 2.05) is 36.5 Å². The van der Waals surface area contributed by atoms with Gasteiger partial charge in [0, 0.05) is 31.2 Å². The number of hydrogen-bond acceptors (Lipinski definition) is 3. The van der Waals surface area contributed by atoms with Crippen LogP contribution in [0, 0.1) is 0 Å². The Labute approximate surface area is 116 Å². The molecule has 0 bridgehead atoms. The van der Waals surface area contributed by atoms with Crippen LogP contribution in [0.15, 0.2) is 42.7 Å². The average Bonchev–Trinajstić information content (AvgIpc) is 3.10. The van der Waals surface area contributed by atoms with Crippen molar-refractivity contribution in [3.63, 3.8) is 0 Å². The molecule has 0 aliphatic carbocycles. The molecule has 0 unspecified atom stereocenters. The monoisotopic (exact) mass is 272 g/mol. The number of urea groups is 1. The number of carbonyl (C=O) groups excluding carboxylic acids is 1. The van der Waals surface area contributed by atoms with Crippen LogP contribution in [-0.2, 0) is 0 Å². The summed E-state index contributed by atoms with van der Waals surface area (Å²) in [4.78, 5) is 13.6. The first-order valence-electron chi connectivity index (χ1n) is 6.56. The Morgan fingerprint density at radius 2 is 2.15 bits per heavy atom. The van der Waals surface area contributed by atoms with Gasteiger partial charge in [-0.1, -0.05) is 0 Å². The lowest BCUT2D eigenvalue weighted by Gasteiger charge is -2.16. The molecule has 20 heavy (non-hydrogen) atoms. The van der Waals surface area contributed by atoms with Crippen molar-refractivity contribution in [2.75, 3.05) is 18.4 Å². The molecule has 1 aromatic heterocycles. The van der Waals surface area contributed by atoms with Crippen molar-refractivity contribution < 1.29 is 9.90 Å². The minimum Gasteiger partial charge on any atom is -0.391 e. The quantitative estimate of drug-likeness (QED) is 0.869. The molecule has 3 rings (SSSR count). The highest BCUT2D eigenvalue weighted by molar-refractivity contribution is 5.89. The molecule has 2 amide bonds. The molecule has 1 atom stereocenters. The summed E-state index contributed by atoms with van der Waals surface area (Å²) < 4.78 is 1.75. The summed E-state index contributed by atoms with van der Waals surface area (Å²) in [7, 11) is 0. The van der Waals surface area contributed by atoms with Gasteiger partial charge in [0.2, 0.25) is 0 Å². The second-order valence-electron chi connectivity index (χ2n) is 4.82. The van der Waals surface area contributed by atoms with Crippen molar-refractivity contribution in [2.24, 2.45) is 0 Å². The Bertz CT molecular complexity index is 580. The normalized spacial score (nSPS) is 18.2. The van der Waals surface area contributed by atoms with Crippen LogP contribution in [0.5, 0.6) is 0 Å². The van der Waals surface area contributed by atoms with Gasteiger partial charge in [-0.2, -0.15) is 5.10 Å². The van der Waals surface area contributed by atoms with E-state index in [-0.39, 0.29) is 6.03 Å². The van der Waals surface area contributed by atoms with Gasteiger partial charge in [0.15, 0.2) is 0 Å². The van der Waals surface area contributed by atoms with Crippen molar-refractivity contribution in [3.05, 3.63) is 42.7 Å². The van der Waals surface area contributed by atoms with Gasteiger partial charge in [0.1, 0.15) is 0 Å². The minimum atomic E-state index is -0.400. The predicted molar refractivity (Wildman–Crippen MR) is 74.8 cm³/mol. The first-order chi connectivity index (χ1) is 9.72. The van der Waals surface area contributed by atoms with Gasteiger partial charge < -0.3 is 15.3 Å². The Morgan fingerprint density at radius 1 is 1.35 bits per heavy atom. The average molecular weight is 272 g/mol. The van der Waals surface area contributed by atoms with Crippen LogP contribution in [0.3, 0.4) is 0 Å². The number of anilines is 1. The molecule has 6 heteroatoms. The van der Waals surface area contributed by atoms with Crippen molar-refractivity contribution >= 4 is 11.7 Å². The molecule has 2 heterocycles. The van der Waals surface area contributed by atoms with Crippen molar-refractivity contribution in [1.82, 2.24) is 14.7 Å². The molecule has 1 aliphatic heterocycles. The summed E-state index contributed by atoms with van der Waals surface area (Å²) in [5.41, 5.74) is 1.66. The number of rotatable bonds is 2. The fourth-order valence-corrected chi connectivity index (χ4v) is 2.25. The third-order valence-corrected chi connectivity index (χ3v) is 3.34. The van der Waals surface area contributed by atoms with Crippen LogP contribution in [0.1, 0.15) is 6.42 Å². The van der Waals surface area contributed by atoms with E-state index in [1.165, 1.54) is 0 Å². The topological polar surface area (TPSA) is 70.4 Å². The number of aromatic nitrogens is 2. The lowest BCUT2D eigenvalue weighted by Crippen LogP contribution is -2.33. The maximum absolute atomic E-state index is 12.0. The number of benzene rings is 1. The Balaban J connectivity index is 1.65. The summed E-state index contributed by atoms with van der Waals surface area (Å²) in [6.45, 7) is 0.996. The third-order valence-electron chi connectivity index (χ3n) is 3.34. The van der Waals surface area contributed by atoms with Gasteiger partial charge in [-0.25, -0.2) is 9.48 Å². The first-order valence-corrected chi connectivity index (χ1v) is 6.56. The van der Waals surface area contributed by atoms with E-state index >= 15 is 0 Å². The van der Waals surface area contributed by atoms with E-state index in [4.69, 9.17) is 0 Å². The van der Waals surface area contributed by atoms with Gasteiger partial charge in [0.05, 0.1) is 11.8 Å².